The van der Waals surface area contributed by atoms with Crippen LogP contribution in [0.5, 0.6) is 0 Å². The zero-order chi connectivity index (χ0) is 11.6. The molecule has 3 heteroatoms. The predicted molar refractivity (Wildman–Crippen MR) is 66.4 cm³/mol. The second-order valence-corrected chi connectivity index (χ2v) is 5.93. The molecule has 1 atom stereocenters. The van der Waals surface area contributed by atoms with Gasteiger partial charge in [-0.05, 0) is 18.3 Å². The minimum atomic E-state index is 0.217. The third-order valence-corrected chi connectivity index (χ3v) is 4.86. The van der Waals surface area contributed by atoms with Crippen molar-refractivity contribution in [3.8, 4) is 0 Å². The van der Waals surface area contributed by atoms with Crippen LogP contribution in [0.1, 0.15) is 39.5 Å². The molecule has 16 heavy (non-hydrogen) atoms. The summed E-state index contributed by atoms with van der Waals surface area (Å²) < 4.78 is 5.47. The smallest absolute Gasteiger partial charge is 0.0594 e. The normalized spacial score (nSPS) is 36.2. The average Bonchev–Trinajstić information content (AvgIpc) is 2.30. The van der Waals surface area contributed by atoms with E-state index < -0.39 is 0 Å². The summed E-state index contributed by atoms with van der Waals surface area (Å²) in [4.78, 5) is 2.61. The molecule has 0 aromatic rings. The largest absolute Gasteiger partial charge is 0.379 e. The van der Waals surface area contributed by atoms with Crippen LogP contribution in [0.2, 0.25) is 0 Å². The van der Waals surface area contributed by atoms with E-state index in [1.165, 1.54) is 25.7 Å². The van der Waals surface area contributed by atoms with E-state index in [4.69, 9.17) is 10.5 Å². The first-order valence-corrected chi connectivity index (χ1v) is 6.65. The van der Waals surface area contributed by atoms with Gasteiger partial charge in [0.1, 0.15) is 0 Å². The van der Waals surface area contributed by atoms with Crippen molar-refractivity contribution in [1.29, 1.82) is 0 Å². The van der Waals surface area contributed by atoms with Crippen molar-refractivity contribution in [2.45, 2.75) is 45.1 Å². The van der Waals surface area contributed by atoms with Gasteiger partial charge in [-0.2, -0.15) is 0 Å². The van der Waals surface area contributed by atoms with Gasteiger partial charge in [0, 0.05) is 25.2 Å². The topological polar surface area (TPSA) is 38.5 Å². The van der Waals surface area contributed by atoms with Crippen LogP contribution >= 0.6 is 0 Å². The molecule has 1 aliphatic carbocycles. The highest BCUT2D eigenvalue weighted by Crippen LogP contribution is 2.47. The van der Waals surface area contributed by atoms with Crippen molar-refractivity contribution in [2.75, 3.05) is 32.8 Å². The summed E-state index contributed by atoms with van der Waals surface area (Å²) in [7, 11) is 0. The molecule has 1 saturated heterocycles. The SMILES string of the molecule is CC1(C)CCCCC1(CN)N1CCOCC1. The maximum atomic E-state index is 6.16. The van der Waals surface area contributed by atoms with Crippen LogP contribution in [-0.2, 0) is 4.74 Å². The molecule has 1 unspecified atom stereocenters. The third-order valence-electron chi connectivity index (χ3n) is 4.86. The van der Waals surface area contributed by atoms with Gasteiger partial charge >= 0.3 is 0 Å². The van der Waals surface area contributed by atoms with Gasteiger partial charge < -0.3 is 10.5 Å². The van der Waals surface area contributed by atoms with E-state index in [1.807, 2.05) is 0 Å². The van der Waals surface area contributed by atoms with Gasteiger partial charge in [0.05, 0.1) is 13.2 Å². The summed E-state index contributed by atoms with van der Waals surface area (Å²) in [5.74, 6) is 0. The Hall–Kier alpha value is -0.120. The molecule has 2 fully saturated rings. The molecule has 0 radical (unpaired) electrons. The highest BCUT2D eigenvalue weighted by molar-refractivity contribution is 5.05. The highest BCUT2D eigenvalue weighted by Gasteiger charge is 2.49. The van der Waals surface area contributed by atoms with E-state index in [2.05, 4.69) is 18.7 Å². The van der Waals surface area contributed by atoms with E-state index in [0.717, 1.165) is 32.8 Å². The number of rotatable bonds is 2. The first-order chi connectivity index (χ1) is 7.62. The number of morpholine rings is 1. The average molecular weight is 226 g/mol. The molecule has 0 aromatic heterocycles. The summed E-state index contributed by atoms with van der Waals surface area (Å²) >= 11 is 0. The monoisotopic (exact) mass is 226 g/mol. The summed E-state index contributed by atoms with van der Waals surface area (Å²) in [5, 5.41) is 0. The quantitative estimate of drug-likeness (QED) is 0.777. The van der Waals surface area contributed by atoms with Crippen molar-refractivity contribution in [3.05, 3.63) is 0 Å². The Morgan fingerprint density at radius 2 is 1.75 bits per heavy atom. The Kier molecular flexibility index (Phi) is 3.57. The lowest BCUT2D eigenvalue weighted by Crippen LogP contribution is -2.65. The van der Waals surface area contributed by atoms with E-state index >= 15 is 0 Å². The summed E-state index contributed by atoms with van der Waals surface area (Å²) in [6.07, 6.45) is 5.26. The molecule has 0 spiro atoms. The number of hydrogen-bond donors (Lipinski definition) is 1. The number of nitrogens with zero attached hydrogens (tertiary/aromatic N) is 1. The van der Waals surface area contributed by atoms with E-state index in [-0.39, 0.29) is 5.54 Å². The van der Waals surface area contributed by atoms with Gasteiger partial charge in [0.25, 0.3) is 0 Å². The fraction of sp³-hybridized carbons (Fsp3) is 1.00. The summed E-state index contributed by atoms with van der Waals surface area (Å²) in [6.45, 7) is 9.44. The van der Waals surface area contributed by atoms with E-state index in [0.29, 0.717) is 5.41 Å². The first kappa shape index (κ1) is 12.3. The van der Waals surface area contributed by atoms with Crippen LogP contribution in [-0.4, -0.2) is 43.3 Å². The molecular weight excluding hydrogens is 200 g/mol. The van der Waals surface area contributed by atoms with E-state index in [9.17, 15) is 0 Å². The van der Waals surface area contributed by atoms with Crippen LogP contribution in [0.3, 0.4) is 0 Å². The molecule has 1 heterocycles. The molecule has 0 bridgehead atoms. The van der Waals surface area contributed by atoms with Crippen molar-refractivity contribution in [3.63, 3.8) is 0 Å². The molecule has 2 N–H and O–H groups in total. The minimum absolute atomic E-state index is 0.217. The fourth-order valence-electron chi connectivity index (χ4n) is 3.64. The molecule has 2 aliphatic rings. The Bertz CT molecular complexity index is 236. The second-order valence-electron chi connectivity index (χ2n) is 5.93. The molecule has 1 aliphatic heterocycles. The molecule has 3 nitrogen and oxygen atoms in total. The van der Waals surface area contributed by atoms with Gasteiger partial charge in [-0.1, -0.05) is 26.7 Å². The third kappa shape index (κ3) is 1.89. The van der Waals surface area contributed by atoms with Crippen molar-refractivity contribution < 1.29 is 4.74 Å². The summed E-state index contributed by atoms with van der Waals surface area (Å²) in [6, 6.07) is 0. The molecule has 0 amide bonds. The Labute approximate surface area is 99.3 Å². The number of ether oxygens (including phenoxy) is 1. The van der Waals surface area contributed by atoms with Crippen LogP contribution in [0.4, 0.5) is 0 Å². The lowest BCUT2D eigenvalue weighted by molar-refractivity contribution is -0.0888. The zero-order valence-corrected chi connectivity index (χ0v) is 10.8. The maximum Gasteiger partial charge on any atom is 0.0594 e. The van der Waals surface area contributed by atoms with Crippen LogP contribution in [0.25, 0.3) is 0 Å². The van der Waals surface area contributed by atoms with Gasteiger partial charge in [-0.3, -0.25) is 4.90 Å². The maximum absolute atomic E-state index is 6.16. The Morgan fingerprint density at radius 1 is 1.12 bits per heavy atom. The van der Waals surface area contributed by atoms with E-state index in [1.54, 1.807) is 0 Å². The van der Waals surface area contributed by atoms with Gasteiger partial charge in [0.2, 0.25) is 0 Å². The zero-order valence-electron chi connectivity index (χ0n) is 10.8. The lowest BCUT2D eigenvalue weighted by atomic mass is 9.62. The highest BCUT2D eigenvalue weighted by atomic mass is 16.5. The molecule has 1 saturated carbocycles. The predicted octanol–water partition coefficient (Wildman–Crippen LogP) is 1.62. The van der Waals surface area contributed by atoms with Crippen LogP contribution in [0.15, 0.2) is 0 Å². The number of hydrogen-bond acceptors (Lipinski definition) is 3. The first-order valence-electron chi connectivity index (χ1n) is 6.65. The minimum Gasteiger partial charge on any atom is -0.379 e. The fourth-order valence-corrected chi connectivity index (χ4v) is 3.64. The Balaban J connectivity index is 2.21. The molecule has 94 valence electrons. The van der Waals surface area contributed by atoms with Crippen molar-refractivity contribution in [1.82, 2.24) is 4.90 Å². The molecule has 2 rings (SSSR count). The van der Waals surface area contributed by atoms with Crippen molar-refractivity contribution in [2.24, 2.45) is 11.1 Å². The van der Waals surface area contributed by atoms with Crippen LogP contribution < -0.4 is 5.73 Å². The van der Waals surface area contributed by atoms with Gasteiger partial charge in [-0.15, -0.1) is 0 Å². The standard InChI is InChI=1S/C13H26N2O/c1-12(2)5-3-4-6-13(12,11-14)15-7-9-16-10-8-15/h3-11,14H2,1-2H3. The van der Waals surface area contributed by atoms with Gasteiger partial charge in [-0.25, -0.2) is 0 Å². The second kappa shape index (κ2) is 4.63. The molecular formula is C13H26N2O. The molecule has 0 aromatic carbocycles. The van der Waals surface area contributed by atoms with Gasteiger partial charge in [0.15, 0.2) is 0 Å². The summed E-state index contributed by atoms with van der Waals surface area (Å²) in [5.41, 5.74) is 6.72. The van der Waals surface area contributed by atoms with Crippen molar-refractivity contribution >= 4 is 0 Å². The number of nitrogens with two attached hydrogens (primary N) is 1. The van der Waals surface area contributed by atoms with Crippen LogP contribution in [0, 0.1) is 5.41 Å². The Morgan fingerprint density at radius 3 is 2.31 bits per heavy atom. The lowest BCUT2D eigenvalue weighted by Gasteiger charge is -2.57.